The largest absolute Gasteiger partial charge is 0.465 e. The van der Waals surface area contributed by atoms with Crippen molar-refractivity contribution in [1.29, 1.82) is 0 Å². The second-order valence-electron chi connectivity index (χ2n) is 6.09. The van der Waals surface area contributed by atoms with Crippen LogP contribution < -0.4 is 16.0 Å². The number of esters is 1. The van der Waals surface area contributed by atoms with E-state index >= 15 is 0 Å². The molecule has 0 aliphatic heterocycles. The molecule has 0 aliphatic carbocycles. The third kappa shape index (κ3) is 6.11. The molecule has 30 heavy (non-hydrogen) atoms. The molecule has 0 bridgehead atoms. The molecular formula is C20H19N5O4S. The number of benzene rings is 2. The Kier molecular flexibility index (Phi) is 7.06. The summed E-state index contributed by atoms with van der Waals surface area (Å²) in [5.74, 6) is -0.642. The molecule has 10 heteroatoms. The van der Waals surface area contributed by atoms with Crippen molar-refractivity contribution >= 4 is 40.1 Å². The molecule has 0 radical (unpaired) electrons. The molecule has 1 heterocycles. The number of nitrogens with zero attached hydrogens (tertiary/aromatic N) is 2. The normalized spacial score (nSPS) is 10.2. The smallest absolute Gasteiger partial charge is 0.337 e. The Hall–Kier alpha value is -3.79. The van der Waals surface area contributed by atoms with Crippen LogP contribution >= 0.6 is 11.3 Å². The lowest BCUT2D eigenvalue weighted by molar-refractivity contribution is -0.120. The van der Waals surface area contributed by atoms with E-state index in [-0.39, 0.29) is 17.5 Å². The van der Waals surface area contributed by atoms with Gasteiger partial charge in [0.1, 0.15) is 5.01 Å². The minimum Gasteiger partial charge on any atom is -0.465 e. The summed E-state index contributed by atoms with van der Waals surface area (Å²) in [5, 5.41) is 16.5. The van der Waals surface area contributed by atoms with E-state index < -0.39 is 12.0 Å². The number of amides is 3. The summed E-state index contributed by atoms with van der Waals surface area (Å²) in [7, 11) is 1.30. The van der Waals surface area contributed by atoms with Crippen LogP contribution in [-0.2, 0) is 22.5 Å². The van der Waals surface area contributed by atoms with Crippen LogP contribution in [0.3, 0.4) is 0 Å². The van der Waals surface area contributed by atoms with Crippen LogP contribution in [0, 0.1) is 0 Å². The van der Waals surface area contributed by atoms with Gasteiger partial charge in [0, 0.05) is 12.2 Å². The van der Waals surface area contributed by atoms with Crippen molar-refractivity contribution in [3.05, 3.63) is 70.7 Å². The number of urea groups is 1. The molecule has 1 aromatic heterocycles. The van der Waals surface area contributed by atoms with Crippen molar-refractivity contribution in [2.45, 2.75) is 13.0 Å². The number of nitrogens with one attached hydrogen (secondary N) is 3. The molecule has 2 aromatic carbocycles. The zero-order chi connectivity index (χ0) is 21.3. The standard InChI is InChI=1S/C20H19N5O4S/c1-29-18(27)14-7-9-15(10-8-14)22-19(28)23-20-25-24-17(30-20)11-16(26)21-12-13-5-3-2-4-6-13/h2-10H,11-12H2,1H3,(H,21,26)(H2,22,23,25,28). The molecule has 9 nitrogen and oxygen atoms in total. The predicted octanol–water partition coefficient (Wildman–Crippen LogP) is 2.83. The highest BCUT2D eigenvalue weighted by molar-refractivity contribution is 7.15. The Morgan fingerprint density at radius 3 is 2.40 bits per heavy atom. The Balaban J connectivity index is 1.46. The number of rotatable bonds is 7. The number of aromatic nitrogens is 2. The van der Waals surface area contributed by atoms with Gasteiger partial charge in [0.2, 0.25) is 11.0 Å². The number of carbonyl (C=O) groups is 3. The highest BCUT2D eigenvalue weighted by atomic mass is 32.1. The average Bonchev–Trinajstić information content (AvgIpc) is 3.19. The lowest BCUT2D eigenvalue weighted by Gasteiger charge is -2.06. The van der Waals surface area contributed by atoms with Crippen molar-refractivity contribution in [2.24, 2.45) is 0 Å². The third-order valence-electron chi connectivity index (χ3n) is 3.90. The number of methoxy groups -OCH3 is 1. The molecule has 0 saturated carbocycles. The zero-order valence-electron chi connectivity index (χ0n) is 16.0. The molecule has 0 saturated heterocycles. The minimum absolute atomic E-state index is 0.0722. The fourth-order valence-electron chi connectivity index (χ4n) is 2.44. The fraction of sp³-hybridized carbons (Fsp3) is 0.150. The summed E-state index contributed by atoms with van der Waals surface area (Å²) in [4.78, 5) is 35.6. The van der Waals surface area contributed by atoms with Crippen molar-refractivity contribution in [1.82, 2.24) is 15.5 Å². The molecule has 0 atom stereocenters. The maximum absolute atomic E-state index is 12.1. The summed E-state index contributed by atoms with van der Waals surface area (Å²) in [6.07, 6.45) is 0.0722. The van der Waals surface area contributed by atoms with E-state index in [2.05, 4.69) is 30.9 Å². The average molecular weight is 425 g/mol. The van der Waals surface area contributed by atoms with Gasteiger partial charge in [-0.1, -0.05) is 41.7 Å². The molecule has 0 unspecified atom stereocenters. The molecule has 0 spiro atoms. The van der Waals surface area contributed by atoms with Crippen LogP contribution in [0.2, 0.25) is 0 Å². The van der Waals surface area contributed by atoms with Crippen LogP contribution in [0.25, 0.3) is 0 Å². The van der Waals surface area contributed by atoms with E-state index in [9.17, 15) is 14.4 Å². The molecule has 0 fully saturated rings. The quantitative estimate of drug-likeness (QED) is 0.500. The molecule has 3 rings (SSSR count). The van der Waals surface area contributed by atoms with Crippen LogP contribution in [0.1, 0.15) is 20.9 Å². The number of hydrogen-bond acceptors (Lipinski definition) is 7. The number of ether oxygens (including phenoxy) is 1. The van der Waals surface area contributed by atoms with Crippen molar-refractivity contribution < 1.29 is 19.1 Å². The van der Waals surface area contributed by atoms with E-state index in [4.69, 9.17) is 0 Å². The fourth-order valence-corrected chi connectivity index (χ4v) is 3.17. The summed E-state index contributed by atoms with van der Waals surface area (Å²) in [5.41, 5.74) is 1.87. The first-order valence-electron chi connectivity index (χ1n) is 8.93. The topological polar surface area (TPSA) is 122 Å². The summed E-state index contributed by atoms with van der Waals surface area (Å²) >= 11 is 1.11. The summed E-state index contributed by atoms with van der Waals surface area (Å²) < 4.78 is 4.62. The first kappa shape index (κ1) is 20.9. The third-order valence-corrected chi connectivity index (χ3v) is 4.73. The van der Waals surface area contributed by atoms with Gasteiger partial charge in [0.25, 0.3) is 0 Å². The highest BCUT2D eigenvalue weighted by Crippen LogP contribution is 2.17. The van der Waals surface area contributed by atoms with Crippen LogP contribution in [0.15, 0.2) is 54.6 Å². The van der Waals surface area contributed by atoms with Gasteiger partial charge in [-0.15, -0.1) is 10.2 Å². The maximum atomic E-state index is 12.1. The van der Waals surface area contributed by atoms with Crippen molar-refractivity contribution in [3.8, 4) is 0 Å². The van der Waals surface area contributed by atoms with E-state index in [1.54, 1.807) is 24.3 Å². The first-order chi connectivity index (χ1) is 14.5. The number of carbonyl (C=O) groups excluding carboxylic acids is 3. The second kappa shape index (κ2) is 10.1. The minimum atomic E-state index is -0.517. The van der Waals surface area contributed by atoms with E-state index in [0.717, 1.165) is 16.9 Å². The van der Waals surface area contributed by atoms with Gasteiger partial charge < -0.3 is 15.4 Å². The molecule has 3 N–H and O–H groups in total. The lowest BCUT2D eigenvalue weighted by atomic mass is 10.2. The lowest BCUT2D eigenvalue weighted by Crippen LogP contribution is -2.24. The molecule has 0 aliphatic rings. The molecular weight excluding hydrogens is 406 g/mol. The molecule has 154 valence electrons. The monoisotopic (exact) mass is 425 g/mol. The van der Waals surface area contributed by atoms with Gasteiger partial charge in [-0.3, -0.25) is 10.1 Å². The van der Waals surface area contributed by atoms with Crippen LogP contribution in [-0.4, -0.2) is 35.2 Å². The van der Waals surface area contributed by atoms with E-state index in [1.807, 2.05) is 30.3 Å². The number of anilines is 2. The van der Waals surface area contributed by atoms with Gasteiger partial charge in [-0.2, -0.15) is 0 Å². The van der Waals surface area contributed by atoms with E-state index in [0.29, 0.717) is 22.8 Å². The van der Waals surface area contributed by atoms with Gasteiger partial charge in [-0.25, -0.2) is 9.59 Å². The van der Waals surface area contributed by atoms with Gasteiger partial charge in [0.05, 0.1) is 19.1 Å². The summed E-state index contributed by atoms with van der Waals surface area (Å²) in [6, 6.07) is 15.3. The van der Waals surface area contributed by atoms with Crippen LogP contribution in [0.5, 0.6) is 0 Å². The second-order valence-corrected chi connectivity index (χ2v) is 7.15. The predicted molar refractivity (Wildman–Crippen MR) is 112 cm³/mol. The molecule has 3 amide bonds. The Bertz CT molecular complexity index is 1020. The van der Waals surface area contributed by atoms with Gasteiger partial charge in [-0.05, 0) is 29.8 Å². The SMILES string of the molecule is COC(=O)c1ccc(NC(=O)Nc2nnc(CC(=O)NCc3ccccc3)s2)cc1. The zero-order valence-corrected chi connectivity index (χ0v) is 16.9. The van der Waals surface area contributed by atoms with Gasteiger partial charge in [0.15, 0.2) is 0 Å². The van der Waals surface area contributed by atoms with Crippen molar-refractivity contribution in [2.75, 3.05) is 17.7 Å². The maximum Gasteiger partial charge on any atom is 0.337 e. The Labute approximate surface area is 176 Å². The van der Waals surface area contributed by atoms with Gasteiger partial charge >= 0.3 is 12.0 Å². The Morgan fingerprint density at radius 1 is 0.967 bits per heavy atom. The van der Waals surface area contributed by atoms with E-state index in [1.165, 1.54) is 7.11 Å². The Morgan fingerprint density at radius 2 is 1.70 bits per heavy atom. The first-order valence-corrected chi connectivity index (χ1v) is 9.74. The number of hydrogen-bond donors (Lipinski definition) is 3. The molecule has 3 aromatic rings. The van der Waals surface area contributed by atoms with Crippen LogP contribution in [0.4, 0.5) is 15.6 Å². The van der Waals surface area contributed by atoms with Crippen molar-refractivity contribution in [3.63, 3.8) is 0 Å². The summed E-state index contributed by atoms with van der Waals surface area (Å²) in [6.45, 7) is 0.431. The highest BCUT2D eigenvalue weighted by Gasteiger charge is 2.12.